The van der Waals surface area contributed by atoms with E-state index in [0.29, 0.717) is 42.4 Å². The van der Waals surface area contributed by atoms with Gasteiger partial charge >= 0.3 is 0 Å². The largest absolute Gasteiger partial charge is 0.490 e. The van der Waals surface area contributed by atoms with Crippen molar-refractivity contribution in [1.82, 2.24) is 4.90 Å². The van der Waals surface area contributed by atoms with Crippen molar-refractivity contribution in [3.05, 3.63) is 59.7 Å². The maximum atomic E-state index is 12.7. The number of benzene rings is 2. The number of anilines is 1. The summed E-state index contributed by atoms with van der Waals surface area (Å²) in [6, 6.07) is 14.1. The molecule has 6 heteroatoms. The molecule has 0 radical (unpaired) electrons. The molecule has 148 valence electrons. The Hall–Kier alpha value is -2.86. The van der Waals surface area contributed by atoms with E-state index in [0.717, 1.165) is 25.9 Å². The highest BCUT2D eigenvalue weighted by Crippen LogP contribution is 2.21. The molecule has 1 aliphatic heterocycles. The number of amides is 2. The van der Waals surface area contributed by atoms with Crippen molar-refractivity contribution in [2.75, 3.05) is 38.2 Å². The number of rotatable bonds is 8. The lowest BCUT2D eigenvalue weighted by Gasteiger charge is -2.16. The number of carbonyl (C=O) groups is 2. The van der Waals surface area contributed by atoms with E-state index in [1.165, 1.54) is 0 Å². The molecule has 1 N–H and O–H groups in total. The first-order valence-electron chi connectivity index (χ1n) is 9.69. The van der Waals surface area contributed by atoms with Crippen molar-refractivity contribution in [3.8, 4) is 5.75 Å². The minimum absolute atomic E-state index is 0.00765. The summed E-state index contributed by atoms with van der Waals surface area (Å²) in [5.41, 5.74) is 1.61. The maximum Gasteiger partial charge on any atom is 0.259 e. The molecule has 0 saturated carbocycles. The monoisotopic (exact) mass is 382 g/mol. The van der Waals surface area contributed by atoms with Gasteiger partial charge in [-0.05, 0) is 50.1 Å². The van der Waals surface area contributed by atoms with Gasteiger partial charge in [0.15, 0.2) is 0 Å². The minimum Gasteiger partial charge on any atom is -0.490 e. The van der Waals surface area contributed by atoms with Crippen molar-refractivity contribution < 1.29 is 19.1 Å². The topological polar surface area (TPSA) is 67.9 Å². The van der Waals surface area contributed by atoms with E-state index in [-0.39, 0.29) is 11.8 Å². The van der Waals surface area contributed by atoms with Gasteiger partial charge in [-0.25, -0.2) is 0 Å². The Kier molecular flexibility index (Phi) is 7.03. The third-order valence-corrected chi connectivity index (χ3v) is 4.58. The standard InChI is InChI=1S/C22H26N2O4/c1-2-27-14-15-28-20-11-4-3-10-19(20)21(25)23-18-9-7-8-17(16-18)22(26)24-12-5-6-13-24/h3-4,7-11,16H,2,5-6,12-15H2,1H3,(H,23,25). The lowest BCUT2D eigenvalue weighted by molar-refractivity contribution is 0.0792. The quantitative estimate of drug-likeness (QED) is 0.709. The molecule has 1 heterocycles. The summed E-state index contributed by atoms with van der Waals surface area (Å²) in [4.78, 5) is 27.2. The van der Waals surface area contributed by atoms with Gasteiger partial charge in [-0.2, -0.15) is 0 Å². The summed E-state index contributed by atoms with van der Waals surface area (Å²) in [6.45, 7) is 4.97. The molecule has 1 saturated heterocycles. The van der Waals surface area contributed by atoms with Gasteiger partial charge in [0, 0.05) is 30.9 Å². The molecule has 0 unspecified atom stereocenters. The van der Waals surface area contributed by atoms with Crippen LogP contribution in [-0.2, 0) is 4.74 Å². The number of hydrogen-bond donors (Lipinski definition) is 1. The smallest absolute Gasteiger partial charge is 0.259 e. The van der Waals surface area contributed by atoms with Gasteiger partial charge in [-0.3, -0.25) is 9.59 Å². The van der Waals surface area contributed by atoms with Crippen LogP contribution in [-0.4, -0.2) is 49.6 Å². The number of nitrogens with one attached hydrogen (secondary N) is 1. The van der Waals surface area contributed by atoms with Crippen LogP contribution in [0.15, 0.2) is 48.5 Å². The average Bonchev–Trinajstić information content (AvgIpc) is 3.26. The Bertz CT molecular complexity index is 816. The van der Waals surface area contributed by atoms with Crippen molar-refractivity contribution in [1.29, 1.82) is 0 Å². The Balaban J connectivity index is 1.68. The highest BCUT2D eigenvalue weighted by atomic mass is 16.5. The van der Waals surface area contributed by atoms with Crippen molar-refractivity contribution in [2.45, 2.75) is 19.8 Å². The average molecular weight is 382 g/mol. The molecule has 0 bridgehead atoms. The number of carbonyl (C=O) groups excluding carboxylic acids is 2. The van der Waals surface area contributed by atoms with Crippen LogP contribution in [0.4, 0.5) is 5.69 Å². The van der Waals surface area contributed by atoms with Gasteiger partial charge in [-0.15, -0.1) is 0 Å². The normalized spacial score (nSPS) is 13.4. The van der Waals surface area contributed by atoms with Gasteiger partial charge in [0.1, 0.15) is 12.4 Å². The van der Waals surface area contributed by atoms with E-state index < -0.39 is 0 Å². The zero-order valence-corrected chi connectivity index (χ0v) is 16.1. The Morgan fingerprint density at radius 1 is 1.04 bits per heavy atom. The number of ether oxygens (including phenoxy) is 2. The molecule has 2 aromatic rings. The molecule has 6 nitrogen and oxygen atoms in total. The van der Waals surface area contributed by atoms with Gasteiger partial charge in [0.2, 0.25) is 0 Å². The lowest BCUT2D eigenvalue weighted by Crippen LogP contribution is -2.27. The van der Waals surface area contributed by atoms with E-state index in [4.69, 9.17) is 9.47 Å². The summed E-state index contributed by atoms with van der Waals surface area (Å²) < 4.78 is 10.9. The van der Waals surface area contributed by atoms with Crippen molar-refractivity contribution >= 4 is 17.5 Å². The van der Waals surface area contributed by atoms with Crippen LogP contribution in [0.5, 0.6) is 5.75 Å². The summed E-state index contributed by atoms with van der Waals surface area (Å²) in [5.74, 6) is 0.232. The van der Waals surface area contributed by atoms with Gasteiger partial charge in [0.05, 0.1) is 12.2 Å². The third-order valence-electron chi connectivity index (χ3n) is 4.58. The fourth-order valence-corrected chi connectivity index (χ4v) is 3.17. The highest BCUT2D eigenvalue weighted by Gasteiger charge is 2.20. The van der Waals surface area contributed by atoms with E-state index >= 15 is 0 Å². The second-order valence-electron chi connectivity index (χ2n) is 6.58. The molecule has 2 aromatic carbocycles. The van der Waals surface area contributed by atoms with Crippen LogP contribution >= 0.6 is 0 Å². The second-order valence-corrected chi connectivity index (χ2v) is 6.58. The van der Waals surface area contributed by atoms with Crippen molar-refractivity contribution in [2.24, 2.45) is 0 Å². The predicted octanol–water partition coefficient (Wildman–Crippen LogP) is 3.59. The molecule has 0 spiro atoms. The zero-order valence-electron chi connectivity index (χ0n) is 16.1. The Morgan fingerprint density at radius 3 is 2.61 bits per heavy atom. The van der Waals surface area contributed by atoms with Crippen LogP contribution in [0.3, 0.4) is 0 Å². The highest BCUT2D eigenvalue weighted by molar-refractivity contribution is 6.06. The summed E-state index contributed by atoms with van der Waals surface area (Å²) in [6.07, 6.45) is 2.09. The number of nitrogens with zero attached hydrogens (tertiary/aromatic N) is 1. The van der Waals surface area contributed by atoms with E-state index in [9.17, 15) is 9.59 Å². The summed E-state index contributed by atoms with van der Waals surface area (Å²) in [5, 5.41) is 2.87. The molecular formula is C22H26N2O4. The fourth-order valence-electron chi connectivity index (χ4n) is 3.17. The first kappa shape index (κ1) is 19.9. The predicted molar refractivity (Wildman–Crippen MR) is 108 cm³/mol. The van der Waals surface area contributed by atoms with E-state index in [1.807, 2.05) is 17.9 Å². The molecule has 0 aliphatic carbocycles. The first-order chi connectivity index (χ1) is 13.7. The second kappa shape index (κ2) is 9.90. The summed E-state index contributed by atoms with van der Waals surface area (Å²) in [7, 11) is 0. The molecule has 0 atom stereocenters. The fraction of sp³-hybridized carbons (Fsp3) is 0.364. The Labute approximate surface area is 165 Å². The minimum atomic E-state index is -0.280. The molecule has 1 aliphatic rings. The lowest BCUT2D eigenvalue weighted by atomic mass is 10.1. The zero-order chi connectivity index (χ0) is 19.8. The van der Waals surface area contributed by atoms with Crippen molar-refractivity contribution in [3.63, 3.8) is 0 Å². The maximum absolute atomic E-state index is 12.7. The molecule has 0 aromatic heterocycles. The van der Waals surface area contributed by atoms with E-state index in [2.05, 4.69) is 5.32 Å². The third kappa shape index (κ3) is 5.10. The van der Waals surface area contributed by atoms with Gasteiger partial charge in [-0.1, -0.05) is 18.2 Å². The number of hydrogen-bond acceptors (Lipinski definition) is 4. The van der Waals surface area contributed by atoms with Gasteiger partial charge in [0.25, 0.3) is 11.8 Å². The number of para-hydroxylation sites is 1. The van der Waals surface area contributed by atoms with Gasteiger partial charge < -0.3 is 19.7 Å². The molecule has 3 rings (SSSR count). The summed E-state index contributed by atoms with van der Waals surface area (Å²) >= 11 is 0. The molecular weight excluding hydrogens is 356 g/mol. The van der Waals surface area contributed by atoms with Crippen LogP contribution in [0, 0.1) is 0 Å². The number of likely N-dealkylation sites (tertiary alicyclic amines) is 1. The Morgan fingerprint density at radius 2 is 1.82 bits per heavy atom. The SMILES string of the molecule is CCOCCOc1ccccc1C(=O)Nc1cccc(C(=O)N2CCCC2)c1. The van der Waals surface area contributed by atoms with Crippen LogP contribution in [0.25, 0.3) is 0 Å². The molecule has 1 fully saturated rings. The van der Waals surface area contributed by atoms with Crippen LogP contribution < -0.4 is 10.1 Å². The molecule has 28 heavy (non-hydrogen) atoms. The van der Waals surface area contributed by atoms with Crippen LogP contribution in [0.1, 0.15) is 40.5 Å². The van der Waals surface area contributed by atoms with Crippen LogP contribution in [0.2, 0.25) is 0 Å². The first-order valence-corrected chi connectivity index (χ1v) is 9.69. The molecule has 2 amide bonds. The van der Waals surface area contributed by atoms with E-state index in [1.54, 1.807) is 42.5 Å².